The third-order valence-corrected chi connectivity index (χ3v) is 5.30. The van der Waals surface area contributed by atoms with Crippen molar-refractivity contribution in [3.05, 3.63) is 48.3 Å². The van der Waals surface area contributed by atoms with Gasteiger partial charge in [0.15, 0.2) is 0 Å². The van der Waals surface area contributed by atoms with E-state index in [0.717, 1.165) is 18.5 Å². The van der Waals surface area contributed by atoms with Crippen LogP contribution < -0.4 is 5.32 Å². The zero-order valence-corrected chi connectivity index (χ0v) is 13.3. The Kier molecular flexibility index (Phi) is 4.52. The standard InChI is InChI=1S/C17H21NO3S/c19-22(20,21-16-8-2-1-3-9-16)17-12-10-15(11-13-17)18-14-6-4-5-7-14/h2,8-14,18H,1,3-7H2. The summed E-state index contributed by atoms with van der Waals surface area (Å²) < 4.78 is 29.6. The number of benzene rings is 1. The number of hydrogen-bond donors (Lipinski definition) is 1. The number of rotatable bonds is 5. The van der Waals surface area contributed by atoms with Crippen LogP contribution in [0.1, 0.15) is 38.5 Å². The Hall–Kier alpha value is -1.75. The fraction of sp³-hybridized carbons (Fsp3) is 0.412. The molecule has 2 aliphatic carbocycles. The Labute approximate surface area is 132 Å². The minimum Gasteiger partial charge on any atom is -0.382 e. The SMILES string of the molecule is O=S(=O)(OC1=CCCC=C1)c1ccc(NC2CCCC2)cc1. The first kappa shape index (κ1) is 15.2. The molecule has 1 aromatic carbocycles. The maximum absolute atomic E-state index is 12.2. The van der Waals surface area contributed by atoms with Gasteiger partial charge in [-0.25, -0.2) is 0 Å². The summed E-state index contributed by atoms with van der Waals surface area (Å²) in [5.74, 6) is 0.402. The van der Waals surface area contributed by atoms with Crippen LogP contribution in [-0.4, -0.2) is 14.5 Å². The van der Waals surface area contributed by atoms with Crippen LogP contribution in [-0.2, 0) is 14.3 Å². The molecule has 2 aliphatic rings. The molecule has 5 heteroatoms. The number of hydrogen-bond acceptors (Lipinski definition) is 4. The predicted molar refractivity (Wildman–Crippen MR) is 87.0 cm³/mol. The van der Waals surface area contributed by atoms with E-state index in [9.17, 15) is 8.42 Å². The Bertz CT molecular complexity index is 668. The molecule has 0 bridgehead atoms. The van der Waals surface area contributed by atoms with Crippen molar-refractivity contribution in [3.8, 4) is 0 Å². The molecule has 0 saturated heterocycles. The lowest BCUT2D eigenvalue weighted by atomic mass is 10.2. The predicted octanol–water partition coefficient (Wildman–Crippen LogP) is 3.98. The molecule has 1 N–H and O–H groups in total. The van der Waals surface area contributed by atoms with E-state index in [0.29, 0.717) is 11.8 Å². The van der Waals surface area contributed by atoms with Gasteiger partial charge in [-0.05, 0) is 62.1 Å². The van der Waals surface area contributed by atoms with Crippen LogP contribution in [0.3, 0.4) is 0 Å². The van der Waals surface area contributed by atoms with Gasteiger partial charge in [0, 0.05) is 11.7 Å². The molecule has 4 nitrogen and oxygen atoms in total. The van der Waals surface area contributed by atoms with Crippen LogP contribution in [0.5, 0.6) is 0 Å². The first-order chi connectivity index (χ1) is 10.6. The van der Waals surface area contributed by atoms with Gasteiger partial charge < -0.3 is 9.50 Å². The average molecular weight is 319 g/mol. The maximum Gasteiger partial charge on any atom is 0.339 e. The van der Waals surface area contributed by atoms with E-state index in [4.69, 9.17) is 4.18 Å². The summed E-state index contributed by atoms with van der Waals surface area (Å²) in [4.78, 5) is 0.185. The van der Waals surface area contributed by atoms with Gasteiger partial charge in [-0.1, -0.05) is 18.9 Å². The fourth-order valence-electron chi connectivity index (χ4n) is 2.85. The first-order valence-electron chi connectivity index (χ1n) is 7.81. The van der Waals surface area contributed by atoms with Crippen molar-refractivity contribution in [1.29, 1.82) is 0 Å². The molecule has 118 valence electrons. The minimum absolute atomic E-state index is 0.185. The molecule has 0 aromatic heterocycles. The van der Waals surface area contributed by atoms with Crippen molar-refractivity contribution in [2.75, 3.05) is 5.32 Å². The second kappa shape index (κ2) is 6.57. The Morgan fingerprint density at radius 2 is 1.77 bits per heavy atom. The molecule has 0 amide bonds. The molecule has 0 aliphatic heterocycles. The van der Waals surface area contributed by atoms with Gasteiger partial charge in [0.2, 0.25) is 0 Å². The van der Waals surface area contributed by atoms with Gasteiger partial charge in [0.05, 0.1) is 0 Å². The second-order valence-electron chi connectivity index (χ2n) is 5.77. The fourth-order valence-corrected chi connectivity index (χ4v) is 3.79. The Morgan fingerprint density at radius 3 is 2.41 bits per heavy atom. The average Bonchev–Trinajstić information content (AvgIpc) is 3.01. The van der Waals surface area contributed by atoms with E-state index in [2.05, 4.69) is 5.32 Å². The van der Waals surface area contributed by atoms with Crippen LogP contribution >= 0.6 is 0 Å². The van der Waals surface area contributed by atoms with Crippen LogP contribution in [0.15, 0.2) is 53.1 Å². The topological polar surface area (TPSA) is 55.4 Å². The smallest absolute Gasteiger partial charge is 0.339 e. The molecule has 0 radical (unpaired) electrons. The summed E-state index contributed by atoms with van der Waals surface area (Å²) in [6.07, 6.45) is 12.1. The van der Waals surface area contributed by atoms with E-state index < -0.39 is 10.1 Å². The molecule has 1 aromatic rings. The molecule has 0 atom stereocenters. The van der Waals surface area contributed by atoms with Crippen LogP contribution in [0.2, 0.25) is 0 Å². The number of nitrogens with one attached hydrogen (secondary N) is 1. The highest BCUT2D eigenvalue weighted by Gasteiger charge is 2.18. The van der Waals surface area contributed by atoms with E-state index in [1.54, 1.807) is 36.4 Å². The number of anilines is 1. The van der Waals surface area contributed by atoms with E-state index in [1.165, 1.54) is 25.7 Å². The van der Waals surface area contributed by atoms with Gasteiger partial charge in [-0.3, -0.25) is 0 Å². The zero-order valence-electron chi connectivity index (χ0n) is 12.5. The summed E-state index contributed by atoms with van der Waals surface area (Å²) >= 11 is 0. The van der Waals surface area contributed by atoms with E-state index in [1.807, 2.05) is 6.08 Å². The van der Waals surface area contributed by atoms with Gasteiger partial charge in [0.25, 0.3) is 0 Å². The summed E-state index contributed by atoms with van der Waals surface area (Å²) in [6, 6.07) is 7.31. The quantitative estimate of drug-likeness (QED) is 0.834. The highest BCUT2D eigenvalue weighted by molar-refractivity contribution is 7.86. The van der Waals surface area contributed by atoms with Crippen LogP contribution in [0.25, 0.3) is 0 Å². The number of allylic oxidation sites excluding steroid dienone is 3. The van der Waals surface area contributed by atoms with Crippen molar-refractivity contribution < 1.29 is 12.6 Å². The highest BCUT2D eigenvalue weighted by atomic mass is 32.2. The van der Waals surface area contributed by atoms with Crippen LogP contribution in [0.4, 0.5) is 5.69 Å². The van der Waals surface area contributed by atoms with E-state index in [-0.39, 0.29) is 4.90 Å². The Morgan fingerprint density at radius 1 is 1.05 bits per heavy atom. The normalized spacial score (nSPS) is 19.0. The molecule has 0 unspecified atom stereocenters. The first-order valence-corrected chi connectivity index (χ1v) is 9.22. The molecular weight excluding hydrogens is 298 g/mol. The van der Waals surface area contributed by atoms with Crippen molar-refractivity contribution in [2.45, 2.75) is 49.5 Å². The summed E-state index contributed by atoms with van der Waals surface area (Å²) in [6.45, 7) is 0. The summed E-state index contributed by atoms with van der Waals surface area (Å²) in [5, 5.41) is 3.44. The third kappa shape index (κ3) is 3.71. The largest absolute Gasteiger partial charge is 0.382 e. The van der Waals surface area contributed by atoms with Crippen molar-refractivity contribution in [3.63, 3.8) is 0 Å². The summed E-state index contributed by atoms with van der Waals surface area (Å²) in [5.41, 5.74) is 0.961. The van der Waals surface area contributed by atoms with Gasteiger partial charge in [-0.15, -0.1) is 0 Å². The zero-order chi connectivity index (χ0) is 15.4. The second-order valence-corrected chi connectivity index (χ2v) is 7.32. The molecule has 1 fully saturated rings. The monoisotopic (exact) mass is 319 g/mol. The van der Waals surface area contributed by atoms with E-state index >= 15 is 0 Å². The molecule has 1 saturated carbocycles. The Balaban J connectivity index is 1.68. The lowest BCUT2D eigenvalue weighted by Crippen LogP contribution is -2.14. The van der Waals surface area contributed by atoms with Crippen molar-refractivity contribution in [2.24, 2.45) is 0 Å². The maximum atomic E-state index is 12.2. The van der Waals surface area contributed by atoms with Crippen molar-refractivity contribution in [1.82, 2.24) is 0 Å². The van der Waals surface area contributed by atoms with Crippen LogP contribution in [0, 0.1) is 0 Å². The minimum atomic E-state index is -3.75. The van der Waals surface area contributed by atoms with Gasteiger partial charge in [-0.2, -0.15) is 8.42 Å². The molecule has 3 rings (SSSR count). The lowest BCUT2D eigenvalue weighted by molar-refractivity contribution is 0.416. The molecule has 0 spiro atoms. The van der Waals surface area contributed by atoms with Gasteiger partial charge in [0.1, 0.15) is 10.7 Å². The highest BCUT2D eigenvalue weighted by Crippen LogP contribution is 2.24. The van der Waals surface area contributed by atoms with Crippen molar-refractivity contribution >= 4 is 15.8 Å². The lowest BCUT2D eigenvalue weighted by Gasteiger charge is -2.14. The summed E-state index contributed by atoms with van der Waals surface area (Å²) in [7, 11) is -3.75. The molecule has 0 heterocycles. The van der Waals surface area contributed by atoms with Gasteiger partial charge >= 0.3 is 10.1 Å². The third-order valence-electron chi connectivity index (χ3n) is 4.04. The molecular formula is C17H21NO3S. The molecule has 22 heavy (non-hydrogen) atoms.